The Kier molecular flexibility index (Phi) is 2.73. The second kappa shape index (κ2) is 4.24. The van der Waals surface area contributed by atoms with Gasteiger partial charge in [-0.2, -0.15) is 0 Å². The van der Waals surface area contributed by atoms with Crippen LogP contribution in [0.2, 0.25) is 4.34 Å². The molecule has 2 heterocycles. The third-order valence-corrected chi connectivity index (χ3v) is 4.20. The molecule has 0 radical (unpaired) electrons. The first-order valence-corrected chi connectivity index (χ1v) is 6.69. The normalized spacial score (nSPS) is 18.1. The number of benzene rings is 1. The van der Waals surface area contributed by atoms with Crippen molar-refractivity contribution in [3.05, 3.63) is 45.1 Å². The zero-order chi connectivity index (χ0) is 11.8. The van der Waals surface area contributed by atoms with Crippen LogP contribution in [0.1, 0.15) is 16.5 Å². The molecule has 1 aliphatic heterocycles. The summed E-state index contributed by atoms with van der Waals surface area (Å²) in [6, 6.07) is 10.0. The van der Waals surface area contributed by atoms with Gasteiger partial charge >= 0.3 is 0 Å². The van der Waals surface area contributed by atoms with Crippen LogP contribution in [0.5, 0.6) is 5.75 Å². The highest BCUT2D eigenvalue weighted by Crippen LogP contribution is 2.38. The van der Waals surface area contributed by atoms with Gasteiger partial charge in [0, 0.05) is 4.88 Å². The molecule has 3 rings (SSSR count). The molecule has 1 N–H and O–H groups in total. The Bertz CT molecular complexity index is 552. The van der Waals surface area contributed by atoms with Gasteiger partial charge in [-0.3, -0.25) is 0 Å². The lowest BCUT2D eigenvalue weighted by Crippen LogP contribution is -2.23. The highest BCUT2D eigenvalue weighted by atomic mass is 35.5. The van der Waals surface area contributed by atoms with Crippen molar-refractivity contribution in [3.8, 4) is 5.75 Å². The molecule has 1 aromatic heterocycles. The maximum Gasteiger partial charge on any atom is 0.150 e. The number of nitrogens with one attached hydrogen (secondary N) is 1. The summed E-state index contributed by atoms with van der Waals surface area (Å²) in [7, 11) is 0. The van der Waals surface area contributed by atoms with E-state index in [4.69, 9.17) is 16.3 Å². The number of halogens is 1. The highest BCUT2D eigenvalue weighted by Gasteiger charge is 2.22. The van der Waals surface area contributed by atoms with Gasteiger partial charge in [0.15, 0.2) is 6.10 Å². The number of fused-ring (bicyclic) bond motifs is 1. The van der Waals surface area contributed by atoms with Crippen LogP contribution in [0.3, 0.4) is 0 Å². The van der Waals surface area contributed by atoms with E-state index in [1.165, 1.54) is 5.56 Å². The minimum absolute atomic E-state index is 0.0572. The molecular weight excluding hydrogens is 254 g/mol. The van der Waals surface area contributed by atoms with Gasteiger partial charge in [0.2, 0.25) is 0 Å². The van der Waals surface area contributed by atoms with E-state index in [1.54, 1.807) is 11.3 Å². The molecule has 0 amide bonds. The topological polar surface area (TPSA) is 21.3 Å². The first-order valence-electron chi connectivity index (χ1n) is 5.49. The second-order valence-electron chi connectivity index (χ2n) is 4.08. The van der Waals surface area contributed by atoms with Gasteiger partial charge in [0.1, 0.15) is 5.75 Å². The van der Waals surface area contributed by atoms with Crippen molar-refractivity contribution in [1.82, 2.24) is 0 Å². The Balaban J connectivity index is 1.90. The lowest BCUT2D eigenvalue weighted by Gasteiger charge is -2.27. The van der Waals surface area contributed by atoms with Crippen LogP contribution < -0.4 is 10.1 Å². The van der Waals surface area contributed by atoms with Crippen molar-refractivity contribution in [1.29, 1.82) is 0 Å². The van der Waals surface area contributed by atoms with Crippen molar-refractivity contribution in [2.75, 3.05) is 11.9 Å². The number of rotatable bonds is 1. The Hall–Kier alpha value is -1.19. The van der Waals surface area contributed by atoms with Crippen LogP contribution in [-0.4, -0.2) is 6.54 Å². The van der Waals surface area contributed by atoms with Crippen LogP contribution in [0, 0.1) is 6.92 Å². The molecule has 1 atom stereocenters. The number of hydrogen-bond donors (Lipinski definition) is 1. The summed E-state index contributed by atoms with van der Waals surface area (Å²) in [5.41, 5.74) is 2.32. The fraction of sp³-hybridized carbons (Fsp3) is 0.231. The molecule has 0 bridgehead atoms. The van der Waals surface area contributed by atoms with Crippen LogP contribution in [0.15, 0.2) is 30.3 Å². The molecule has 0 saturated carbocycles. The zero-order valence-corrected chi connectivity index (χ0v) is 10.9. The predicted octanol–water partition coefficient (Wildman–Crippen LogP) is 4.26. The first kappa shape index (κ1) is 10.9. The predicted molar refractivity (Wildman–Crippen MR) is 72.4 cm³/mol. The molecule has 4 heteroatoms. The minimum atomic E-state index is 0.0572. The Morgan fingerprint density at radius 3 is 3.00 bits per heavy atom. The average molecular weight is 266 g/mol. The second-order valence-corrected chi connectivity index (χ2v) is 5.82. The third kappa shape index (κ3) is 2.01. The molecule has 0 fully saturated rings. The number of thiophene rings is 1. The number of ether oxygens (including phenoxy) is 1. The zero-order valence-electron chi connectivity index (χ0n) is 9.37. The van der Waals surface area contributed by atoms with Gasteiger partial charge in [-0.1, -0.05) is 23.7 Å². The summed E-state index contributed by atoms with van der Waals surface area (Å²) in [6.07, 6.45) is 0.0572. The van der Waals surface area contributed by atoms with Crippen molar-refractivity contribution in [2.24, 2.45) is 0 Å². The van der Waals surface area contributed by atoms with Gasteiger partial charge in [-0.05, 0) is 30.7 Å². The van der Waals surface area contributed by atoms with E-state index in [-0.39, 0.29) is 6.10 Å². The number of anilines is 1. The number of para-hydroxylation sites is 1. The van der Waals surface area contributed by atoms with Gasteiger partial charge in [-0.15, -0.1) is 11.3 Å². The van der Waals surface area contributed by atoms with E-state index in [1.807, 2.05) is 24.3 Å². The standard InChI is InChI=1S/C13H12ClNOS/c1-8-3-2-4-9-13(8)15-7-10(16-9)11-5-6-12(14)17-11/h2-6,10,15H,7H2,1H3. The summed E-state index contributed by atoms with van der Waals surface area (Å²) >= 11 is 7.52. The highest BCUT2D eigenvalue weighted by molar-refractivity contribution is 7.16. The lowest BCUT2D eigenvalue weighted by molar-refractivity contribution is 0.214. The molecule has 1 aliphatic rings. The molecule has 0 saturated heterocycles. The van der Waals surface area contributed by atoms with E-state index in [0.717, 1.165) is 27.2 Å². The van der Waals surface area contributed by atoms with Crippen LogP contribution in [-0.2, 0) is 0 Å². The molecule has 1 unspecified atom stereocenters. The van der Waals surface area contributed by atoms with Gasteiger partial charge in [-0.25, -0.2) is 0 Å². The first-order chi connectivity index (χ1) is 8.24. The van der Waals surface area contributed by atoms with Crippen LogP contribution in [0.4, 0.5) is 5.69 Å². The van der Waals surface area contributed by atoms with Gasteiger partial charge in [0.25, 0.3) is 0 Å². The average Bonchev–Trinajstić information content (AvgIpc) is 2.76. The molecule has 2 nitrogen and oxygen atoms in total. The Labute approximate surface area is 109 Å². The maximum absolute atomic E-state index is 6.00. The fourth-order valence-electron chi connectivity index (χ4n) is 2.02. The van der Waals surface area contributed by atoms with Crippen LogP contribution >= 0.6 is 22.9 Å². The number of hydrogen-bond acceptors (Lipinski definition) is 3. The van der Waals surface area contributed by atoms with Gasteiger partial charge < -0.3 is 10.1 Å². The summed E-state index contributed by atoms with van der Waals surface area (Å²) < 4.78 is 6.81. The monoisotopic (exact) mass is 265 g/mol. The Morgan fingerprint density at radius 1 is 1.35 bits per heavy atom. The largest absolute Gasteiger partial charge is 0.481 e. The van der Waals surface area contributed by atoms with E-state index in [0.29, 0.717) is 0 Å². The summed E-state index contributed by atoms with van der Waals surface area (Å²) in [4.78, 5) is 1.16. The molecule has 2 aromatic rings. The van der Waals surface area contributed by atoms with Crippen molar-refractivity contribution in [3.63, 3.8) is 0 Å². The SMILES string of the molecule is Cc1cccc2c1NCC(c1ccc(Cl)s1)O2. The quantitative estimate of drug-likeness (QED) is 0.832. The third-order valence-electron chi connectivity index (χ3n) is 2.88. The van der Waals surface area contributed by atoms with E-state index in [9.17, 15) is 0 Å². The summed E-state index contributed by atoms with van der Waals surface area (Å²) in [6.45, 7) is 2.87. The molecule has 0 aliphatic carbocycles. The van der Waals surface area contributed by atoms with Crippen molar-refractivity contribution >= 4 is 28.6 Å². The van der Waals surface area contributed by atoms with E-state index in [2.05, 4.69) is 18.3 Å². The maximum atomic E-state index is 6.00. The molecule has 88 valence electrons. The minimum Gasteiger partial charge on any atom is -0.481 e. The molecular formula is C13H12ClNOS. The fourth-order valence-corrected chi connectivity index (χ4v) is 3.11. The molecule has 17 heavy (non-hydrogen) atoms. The van der Waals surface area contributed by atoms with Crippen LogP contribution in [0.25, 0.3) is 0 Å². The summed E-state index contributed by atoms with van der Waals surface area (Å²) in [5.74, 6) is 0.922. The number of aryl methyl sites for hydroxylation is 1. The van der Waals surface area contributed by atoms with E-state index >= 15 is 0 Å². The summed E-state index contributed by atoms with van der Waals surface area (Å²) in [5, 5.41) is 3.43. The molecule has 1 aromatic carbocycles. The van der Waals surface area contributed by atoms with Crippen molar-refractivity contribution in [2.45, 2.75) is 13.0 Å². The molecule has 0 spiro atoms. The van der Waals surface area contributed by atoms with E-state index < -0.39 is 0 Å². The Morgan fingerprint density at radius 2 is 2.24 bits per heavy atom. The smallest absolute Gasteiger partial charge is 0.150 e. The van der Waals surface area contributed by atoms with Gasteiger partial charge in [0.05, 0.1) is 16.6 Å². The van der Waals surface area contributed by atoms with Crippen molar-refractivity contribution < 1.29 is 4.74 Å². The lowest BCUT2D eigenvalue weighted by atomic mass is 10.1.